The average Bonchev–Trinajstić information content (AvgIpc) is 2.96. The predicted octanol–water partition coefficient (Wildman–Crippen LogP) is 1.62. The molecule has 1 unspecified atom stereocenters. The molecule has 1 fully saturated rings. The minimum absolute atomic E-state index is 0.103. The van der Waals surface area contributed by atoms with Crippen LogP contribution in [0.15, 0.2) is 24.3 Å². The largest absolute Gasteiger partial charge is 0.480 e. The molecule has 1 aliphatic heterocycles. The number of benzene rings is 1. The number of rotatable bonds is 6. The second-order valence-corrected chi connectivity index (χ2v) is 5.10. The highest BCUT2D eigenvalue weighted by molar-refractivity contribution is 5.99. The van der Waals surface area contributed by atoms with Crippen molar-refractivity contribution in [3.05, 3.63) is 24.3 Å². The summed E-state index contributed by atoms with van der Waals surface area (Å²) in [5.74, 6) is -0.801. The van der Waals surface area contributed by atoms with Crippen LogP contribution in [0.25, 0.3) is 0 Å². The molecule has 21 heavy (non-hydrogen) atoms. The van der Waals surface area contributed by atoms with Gasteiger partial charge in [0.1, 0.15) is 5.75 Å². The molecule has 0 bridgehead atoms. The van der Waals surface area contributed by atoms with Crippen molar-refractivity contribution in [3.8, 4) is 5.75 Å². The third-order valence-electron chi connectivity index (χ3n) is 3.77. The van der Waals surface area contributed by atoms with Crippen LogP contribution in [-0.2, 0) is 9.59 Å². The predicted molar refractivity (Wildman–Crippen MR) is 78.5 cm³/mol. The Morgan fingerprint density at radius 3 is 2.81 bits per heavy atom. The molecule has 1 saturated heterocycles. The van der Waals surface area contributed by atoms with E-state index in [4.69, 9.17) is 9.84 Å². The van der Waals surface area contributed by atoms with Crippen LogP contribution in [-0.4, -0.2) is 35.7 Å². The average molecular weight is 292 g/mol. The van der Waals surface area contributed by atoms with E-state index in [1.807, 2.05) is 6.92 Å². The van der Waals surface area contributed by atoms with Gasteiger partial charge in [-0.2, -0.15) is 0 Å². The SMILES string of the molecule is CCC1(C(=O)Nc2ccccc2OCC(=O)O)CCCN1. The summed E-state index contributed by atoms with van der Waals surface area (Å²) in [5.41, 5.74) is -0.0508. The lowest BCUT2D eigenvalue weighted by Crippen LogP contribution is -2.50. The summed E-state index contributed by atoms with van der Waals surface area (Å²) in [6, 6.07) is 6.84. The number of para-hydroxylation sites is 2. The fourth-order valence-electron chi connectivity index (χ4n) is 2.54. The third-order valence-corrected chi connectivity index (χ3v) is 3.77. The van der Waals surface area contributed by atoms with Gasteiger partial charge in [0.25, 0.3) is 0 Å². The third kappa shape index (κ3) is 3.52. The Balaban J connectivity index is 2.11. The standard InChI is InChI=1S/C15H20N2O4/c1-2-15(8-5-9-16-15)14(20)17-11-6-3-4-7-12(11)21-10-13(18)19/h3-4,6-7,16H,2,5,8-10H2,1H3,(H,17,20)(H,18,19). The number of hydrogen-bond acceptors (Lipinski definition) is 4. The maximum atomic E-state index is 12.5. The van der Waals surface area contributed by atoms with Gasteiger partial charge >= 0.3 is 5.97 Å². The molecule has 0 spiro atoms. The van der Waals surface area contributed by atoms with E-state index in [2.05, 4.69) is 10.6 Å². The summed E-state index contributed by atoms with van der Waals surface area (Å²) >= 11 is 0. The molecular weight excluding hydrogens is 272 g/mol. The van der Waals surface area contributed by atoms with Crippen LogP contribution < -0.4 is 15.4 Å². The van der Waals surface area contributed by atoms with E-state index in [0.717, 1.165) is 19.4 Å². The summed E-state index contributed by atoms with van der Waals surface area (Å²) in [7, 11) is 0. The molecule has 114 valence electrons. The molecule has 0 aliphatic carbocycles. The van der Waals surface area contributed by atoms with Gasteiger partial charge in [0.05, 0.1) is 11.2 Å². The summed E-state index contributed by atoms with van der Waals surface area (Å²) in [4.78, 5) is 23.1. The van der Waals surface area contributed by atoms with E-state index < -0.39 is 18.1 Å². The molecule has 6 heteroatoms. The van der Waals surface area contributed by atoms with Gasteiger partial charge in [-0.1, -0.05) is 19.1 Å². The van der Waals surface area contributed by atoms with Crippen LogP contribution >= 0.6 is 0 Å². The number of carboxylic acid groups (broad SMARTS) is 1. The van der Waals surface area contributed by atoms with Gasteiger partial charge in [0.2, 0.25) is 5.91 Å². The zero-order valence-corrected chi connectivity index (χ0v) is 12.0. The van der Waals surface area contributed by atoms with E-state index in [1.54, 1.807) is 24.3 Å². The first-order valence-corrected chi connectivity index (χ1v) is 7.07. The normalized spacial score (nSPS) is 21.0. The van der Waals surface area contributed by atoms with Gasteiger partial charge in [-0.15, -0.1) is 0 Å². The second-order valence-electron chi connectivity index (χ2n) is 5.10. The Labute approximate surface area is 123 Å². The van der Waals surface area contributed by atoms with Crippen molar-refractivity contribution in [2.75, 3.05) is 18.5 Å². The number of amides is 1. The fraction of sp³-hybridized carbons (Fsp3) is 0.467. The Kier molecular flexibility index (Phi) is 4.80. The van der Waals surface area contributed by atoms with Crippen LogP contribution in [0.1, 0.15) is 26.2 Å². The van der Waals surface area contributed by atoms with Gasteiger partial charge in [-0.25, -0.2) is 4.79 Å². The Hall–Kier alpha value is -2.08. The van der Waals surface area contributed by atoms with Gasteiger partial charge < -0.3 is 20.5 Å². The molecule has 1 aromatic carbocycles. The van der Waals surface area contributed by atoms with Crippen LogP contribution in [0.2, 0.25) is 0 Å². The van der Waals surface area contributed by atoms with E-state index in [1.165, 1.54) is 0 Å². The summed E-state index contributed by atoms with van der Waals surface area (Å²) in [6.07, 6.45) is 2.48. The van der Waals surface area contributed by atoms with Gasteiger partial charge in [-0.05, 0) is 37.9 Å². The molecule has 0 radical (unpaired) electrons. The van der Waals surface area contributed by atoms with Crippen molar-refractivity contribution in [2.45, 2.75) is 31.7 Å². The van der Waals surface area contributed by atoms with E-state index in [0.29, 0.717) is 17.9 Å². The van der Waals surface area contributed by atoms with Crippen molar-refractivity contribution >= 4 is 17.6 Å². The molecule has 1 aliphatic rings. The van der Waals surface area contributed by atoms with Crippen molar-refractivity contribution in [1.82, 2.24) is 5.32 Å². The molecule has 1 heterocycles. The minimum atomic E-state index is -1.06. The zero-order chi connectivity index (χ0) is 15.3. The number of hydrogen-bond donors (Lipinski definition) is 3. The number of carboxylic acids is 1. The monoisotopic (exact) mass is 292 g/mol. The molecule has 1 amide bonds. The molecule has 1 aromatic rings. The highest BCUT2D eigenvalue weighted by Gasteiger charge is 2.39. The van der Waals surface area contributed by atoms with Gasteiger partial charge in [0.15, 0.2) is 6.61 Å². The van der Waals surface area contributed by atoms with E-state index in [9.17, 15) is 9.59 Å². The first-order chi connectivity index (χ1) is 10.1. The van der Waals surface area contributed by atoms with Crippen molar-refractivity contribution < 1.29 is 19.4 Å². The number of carbonyl (C=O) groups excluding carboxylic acids is 1. The first-order valence-electron chi connectivity index (χ1n) is 7.07. The number of nitrogens with one attached hydrogen (secondary N) is 2. The van der Waals surface area contributed by atoms with Crippen LogP contribution in [0.5, 0.6) is 5.75 Å². The number of aliphatic carboxylic acids is 1. The number of ether oxygens (including phenoxy) is 1. The molecule has 2 rings (SSSR count). The van der Waals surface area contributed by atoms with Crippen molar-refractivity contribution in [3.63, 3.8) is 0 Å². The summed E-state index contributed by atoms with van der Waals surface area (Å²) < 4.78 is 5.19. The minimum Gasteiger partial charge on any atom is -0.480 e. The van der Waals surface area contributed by atoms with Crippen LogP contribution in [0.4, 0.5) is 5.69 Å². The molecule has 0 aromatic heterocycles. The van der Waals surface area contributed by atoms with Crippen molar-refractivity contribution in [1.29, 1.82) is 0 Å². The first kappa shape index (κ1) is 15.3. The highest BCUT2D eigenvalue weighted by atomic mass is 16.5. The lowest BCUT2D eigenvalue weighted by molar-refractivity contribution is -0.139. The lowest BCUT2D eigenvalue weighted by Gasteiger charge is -2.27. The lowest BCUT2D eigenvalue weighted by atomic mass is 9.93. The quantitative estimate of drug-likeness (QED) is 0.741. The Morgan fingerprint density at radius 1 is 1.43 bits per heavy atom. The van der Waals surface area contributed by atoms with Crippen LogP contribution in [0.3, 0.4) is 0 Å². The van der Waals surface area contributed by atoms with Crippen molar-refractivity contribution in [2.24, 2.45) is 0 Å². The number of carbonyl (C=O) groups is 2. The maximum absolute atomic E-state index is 12.5. The Morgan fingerprint density at radius 2 is 2.19 bits per heavy atom. The van der Waals surface area contributed by atoms with Gasteiger partial charge in [-0.3, -0.25) is 4.79 Å². The maximum Gasteiger partial charge on any atom is 0.341 e. The highest BCUT2D eigenvalue weighted by Crippen LogP contribution is 2.28. The second kappa shape index (κ2) is 6.58. The molecule has 0 saturated carbocycles. The Bertz CT molecular complexity index is 524. The summed E-state index contributed by atoms with van der Waals surface area (Å²) in [6.45, 7) is 2.37. The smallest absolute Gasteiger partial charge is 0.341 e. The molecule has 6 nitrogen and oxygen atoms in total. The van der Waals surface area contributed by atoms with E-state index in [-0.39, 0.29) is 5.91 Å². The topological polar surface area (TPSA) is 87.7 Å². The molecular formula is C15H20N2O4. The fourth-order valence-corrected chi connectivity index (χ4v) is 2.54. The number of anilines is 1. The van der Waals surface area contributed by atoms with Gasteiger partial charge in [0, 0.05) is 0 Å². The van der Waals surface area contributed by atoms with E-state index >= 15 is 0 Å². The molecule has 1 atom stereocenters. The summed E-state index contributed by atoms with van der Waals surface area (Å²) in [5, 5.41) is 14.8. The van der Waals surface area contributed by atoms with Crippen LogP contribution in [0, 0.1) is 0 Å². The molecule has 3 N–H and O–H groups in total. The zero-order valence-electron chi connectivity index (χ0n) is 12.0.